The standard InChI is InChI=1S/C18H22BrN3O2/c1-12(2)18(3,13-4-6-14(19)7-5-13)16-20-17(24-21-16)22-10-8-15(23)9-11-22/h4-7,12H,8-11H2,1-3H3. The van der Waals surface area contributed by atoms with Crippen LogP contribution in [-0.4, -0.2) is 29.0 Å². The van der Waals surface area contributed by atoms with E-state index in [0.29, 0.717) is 49.5 Å². The predicted molar refractivity (Wildman–Crippen MR) is 96.2 cm³/mol. The van der Waals surface area contributed by atoms with Crippen molar-refractivity contribution in [3.63, 3.8) is 0 Å². The molecule has 1 unspecified atom stereocenters. The topological polar surface area (TPSA) is 59.2 Å². The molecule has 0 spiro atoms. The number of nitrogens with zero attached hydrogens (tertiary/aromatic N) is 3. The molecule has 0 saturated carbocycles. The number of Topliss-reactive ketones (excluding diaryl/α,β-unsaturated/α-hetero) is 1. The number of carbonyl (C=O) groups excluding carboxylic acids is 1. The molecule has 3 rings (SSSR count). The molecule has 128 valence electrons. The molecule has 0 amide bonds. The van der Waals surface area contributed by atoms with E-state index in [-0.39, 0.29) is 5.41 Å². The molecule has 5 nitrogen and oxygen atoms in total. The molecule has 1 aliphatic heterocycles. The Morgan fingerprint density at radius 1 is 1.21 bits per heavy atom. The number of halogens is 1. The molecule has 24 heavy (non-hydrogen) atoms. The predicted octanol–water partition coefficient (Wildman–Crippen LogP) is 3.96. The largest absolute Gasteiger partial charge is 0.324 e. The van der Waals surface area contributed by atoms with E-state index >= 15 is 0 Å². The maximum absolute atomic E-state index is 11.4. The molecule has 1 aromatic carbocycles. The first-order valence-electron chi connectivity index (χ1n) is 8.28. The SMILES string of the molecule is CC(C)C(C)(c1ccc(Br)cc1)c1noc(N2CCC(=O)CC2)n1. The van der Waals surface area contributed by atoms with Crippen LogP contribution in [0.5, 0.6) is 0 Å². The number of aromatic nitrogens is 2. The summed E-state index contributed by atoms with van der Waals surface area (Å²) in [5.74, 6) is 1.28. The summed E-state index contributed by atoms with van der Waals surface area (Å²) in [6.07, 6.45) is 1.09. The monoisotopic (exact) mass is 391 g/mol. The fourth-order valence-corrected chi connectivity index (χ4v) is 3.28. The summed E-state index contributed by atoms with van der Waals surface area (Å²) in [6.45, 7) is 7.78. The van der Waals surface area contributed by atoms with Crippen molar-refractivity contribution in [2.24, 2.45) is 5.92 Å². The number of hydrogen-bond donors (Lipinski definition) is 0. The number of carbonyl (C=O) groups is 1. The van der Waals surface area contributed by atoms with Gasteiger partial charge in [0.1, 0.15) is 5.78 Å². The second-order valence-corrected chi connectivity index (χ2v) is 7.71. The molecular formula is C18H22BrN3O2. The van der Waals surface area contributed by atoms with E-state index in [1.807, 2.05) is 17.0 Å². The molecule has 0 bridgehead atoms. The lowest BCUT2D eigenvalue weighted by Crippen LogP contribution is -2.34. The van der Waals surface area contributed by atoms with Crippen LogP contribution in [0.15, 0.2) is 33.3 Å². The normalized spacial score (nSPS) is 18.0. The van der Waals surface area contributed by atoms with Crippen molar-refractivity contribution in [1.82, 2.24) is 10.1 Å². The van der Waals surface area contributed by atoms with Gasteiger partial charge in [-0.1, -0.05) is 47.1 Å². The fraction of sp³-hybridized carbons (Fsp3) is 0.500. The fourth-order valence-electron chi connectivity index (χ4n) is 3.02. The van der Waals surface area contributed by atoms with Crippen LogP contribution in [-0.2, 0) is 10.2 Å². The highest BCUT2D eigenvalue weighted by atomic mass is 79.9. The molecule has 1 fully saturated rings. The zero-order chi connectivity index (χ0) is 17.3. The minimum absolute atomic E-state index is 0.298. The van der Waals surface area contributed by atoms with E-state index in [1.165, 1.54) is 0 Å². The van der Waals surface area contributed by atoms with Gasteiger partial charge in [-0.25, -0.2) is 0 Å². The Hall–Kier alpha value is -1.69. The number of ketones is 1. The Balaban J connectivity index is 1.92. The van der Waals surface area contributed by atoms with Crippen molar-refractivity contribution < 1.29 is 9.32 Å². The molecule has 1 aliphatic rings. The van der Waals surface area contributed by atoms with E-state index < -0.39 is 0 Å². The summed E-state index contributed by atoms with van der Waals surface area (Å²) in [7, 11) is 0. The Bertz CT molecular complexity index is 716. The average molecular weight is 392 g/mol. The van der Waals surface area contributed by atoms with Gasteiger partial charge in [-0.05, 0) is 30.5 Å². The minimum Gasteiger partial charge on any atom is -0.324 e. The lowest BCUT2D eigenvalue weighted by Gasteiger charge is -2.31. The first-order valence-corrected chi connectivity index (χ1v) is 9.07. The summed E-state index contributed by atoms with van der Waals surface area (Å²) < 4.78 is 6.57. The van der Waals surface area contributed by atoms with Gasteiger partial charge >= 0.3 is 6.01 Å². The molecule has 2 heterocycles. The van der Waals surface area contributed by atoms with Gasteiger partial charge < -0.3 is 9.42 Å². The summed E-state index contributed by atoms with van der Waals surface area (Å²) in [5.41, 5.74) is 0.815. The van der Waals surface area contributed by atoms with Gasteiger partial charge in [0, 0.05) is 30.4 Å². The Morgan fingerprint density at radius 3 is 2.42 bits per heavy atom. The van der Waals surface area contributed by atoms with E-state index in [4.69, 9.17) is 4.52 Å². The lowest BCUT2D eigenvalue weighted by molar-refractivity contribution is -0.119. The average Bonchev–Trinajstić information content (AvgIpc) is 3.05. The van der Waals surface area contributed by atoms with Crippen LogP contribution in [0, 0.1) is 5.92 Å². The third-order valence-electron chi connectivity index (χ3n) is 5.07. The van der Waals surface area contributed by atoms with Gasteiger partial charge in [-0.2, -0.15) is 4.98 Å². The van der Waals surface area contributed by atoms with E-state index in [2.05, 4.69) is 59.0 Å². The summed E-state index contributed by atoms with van der Waals surface area (Å²) in [4.78, 5) is 18.1. The van der Waals surface area contributed by atoms with Crippen molar-refractivity contribution in [2.75, 3.05) is 18.0 Å². The molecule has 2 aromatic rings. The quantitative estimate of drug-likeness (QED) is 0.788. The first-order chi connectivity index (χ1) is 11.4. The van der Waals surface area contributed by atoms with Crippen LogP contribution in [0.25, 0.3) is 0 Å². The minimum atomic E-state index is -0.339. The summed E-state index contributed by atoms with van der Waals surface area (Å²) >= 11 is 3.48. The van der Waals surface area contributed by atoms with Crippen LogP contribution in [0.2, 0.25) is 0 Å². The van der Waals surface area contributed by atoms with E-state index in [0.717, 1.165) is 10.0 Å². The molecule has 1 aromatic heterocycles. The number of rotatable bonds is 4. The maximum Gasteiger partial charge on any atom is 0.324 e. The molecule has 1 saturated heterocycles. The molecule has 1 atom stereocenters. The van der Waals surface area contributed by atoms with Crippen molar-refractivity contribution in [1.29, 1.82) is 0 Å². The Kier molecular flexibility index (Phi) is 4.76. The van der Waals surface area contributed by atoms with Gasteiger partial charge in [-0.15, -0.1) is 0 Å². The van der Waals surface area contributed by atoms with Crippen LogP contribution in [0.3, 0.4) is 0 Å². The van der Waals surface area contributed by atoms with Crippen molar-refractivity contribution in [3.8, 4) is 0 Å². The first kappa shape index (κ1) is 17.1. The zero-order valence-electron chi connectivity index (χ0n) is 14.3. The third-order valence-corrected chi connectivity index (χ3v) is 5.60. The molecule has 6 heteroatoms. The smallest absolute Gasteiger partial charge is 0.324 e. The van der Waals surface area contributed by atoms with Crippen molar-refractivity contribution in [2.45, 2.75) is 39.0 Å². The van der Waals surface area contributed by atoms with E-state index in [1.54, 1.807) is 0 Å². The molecule has 0 N–H and O–H groups in total. The molecule has 0 radical (unpaired) electrons. The molecule has 0 aliphatic carbocycles. The summed E-state index contributed by atoms with van der Waals surface area (Å²) in [6, 6.07) is 8.78. The second-order valence-electron chi connectivity index (χ2n) is 6.79. The van der Waals surface area contributed by atoms with Crippen molar-refractivity contribution in [3.05, 3.63) is 40.1 Å². The van der Waals surface area contributed by atoms with Crippen LogP contribution < -0.4 is 4.90 Å². The van der Waals surface area contributed by atoms with Crippen molar-refractivity contribution >= 4 is 27.7 Å². The Labute approximate surface area is 150 Å². The summed E-state index contributed by atoms with van der Waals surface area (Å²) in [5, 5.41) is 4.28. The maximum atomic E-state index is 11.4. The highest BCUT2D eigenvalue weighted by molar-refractivity contribution is 9.10. The van der Waals surface area contributed by atoms with Gasteiger partial charge in [0.2, 0.25) is 0 Å². The van der Waals surface area contributed by atoms with Crippen LogP contribution in [0.4, 0.5) is 6.01 Å². The van der Waals surface area contributed by atoms with Gasteiger partial charge in [0.15, 0.2) is 5.82 Å². The lowest BCUT2D eigenvalue weighted by atomic mass is 9.73. The Morgan fingerprint density at radius 2 is 1.83 bits per heavy atom. The van der Waals surface area contributed by atoms with Gasteiger partial charge in [0.25, 0.3) is 0 Å². The van der Waals surface area contributed by atoms with Gasteiger partial charge in [0.05, 0.1) is 5.41 Å². The second kappa shape index (κ2) is 6.67. The third kappa shape index (κ3) is 3.11. The number of benzene rings is 1. The van der Waals surface area contributed by atoms with Crippen LogP contribution in [0.1, 0.15) is 45.0 Å². The molecular weight excluding hydrogens is 370 g/mol. The number of hydrogen-bond acceptors (Lipinski definition) is 5. The van der Waals surface area contributed by atoms with E-state index in [9.17, 15) is 4.79 Å². The van der Waals surface area contributed by atoms with Gasteiger partial charge in [-0.3, -0.25) is 4.79 Å². The van der Waals surface area contributed by atoms with Crippen LogP contribution >= 0.6 is 15.9 Å². The highest BCUT2D eigenvalue weighted by Crippen LogP contribution is 2.38. The number of anilines is 1. The number of piperidine rings is 1. The zero-order valence-corrected chi connectivity index (χ0v) is 15.8. The highest BCUT2D eigenvalue weighted by Gasteiger charge is 2.38.